The third-order valence-electron chi connectivity index (χ3n) is 4.82. The predicted molar refractivity (Wildman–Crippen MR) is 112 cm³/mol. The number of nitrogens with one attached hydrogen (secondary N) is 1. The topological polar surface area (TPSA) is 65.4 Å². The number of nitrogens with zero attached hydrogens (tertiary/aromatic N) is 2. The van der Waals surface area contributed by atoms with Gasteiger partial charge >= 0.3 is 0 Å². The molecule has 0 fully saturated rings. The van der Waals surface area contributed by atoms with Crippen molar-refractivity contribution in [3.63, 3.8) is 0 Å². The fraction of sp³-hybridized carbons (Fsp3) is 0.304. The number of aryl methyl sites for hydroxylation is 1. The van der Waals surface area contributed by atoms with Crippen LogP contribution in [0.1, 0.15) is 22.5 Å². The largest absolute Gasteiger partial charge is 0.491 e. The quantitative estimate of drug-likeness (QED) is 0.547. The number of rotatable bonds is 9. The van der Waals surface area contributed by atoms with Crippen LogP contribution in [0.4, 0.5) is 4.39 Å². The number of hydrogen-bond donors (Lipinski definition) is 1. The van der Waals surface area contributed by atoms with Crippen LogP contribution in [-0.4, -0.2) is 36.0 Å². The first-order valence-corrected chi connectivity index (χ1v) is 9.76. The SMILES string of the molecule is COCCOc1ccc(CNC(=O)Cc2c(C)nn(-c3ccc(F)cc3)c2C)cc1. The molecule has 6 nitrogen and oxygen atoms in total. The minimum Gasteiger partial charge on any atom is -0.491 e. The first-order valence-electron chi connectivity index (χ1n) is 9.76. The van der Waals surface area contributed by atoms with E-state index < -0.39 is 0 Å². The number of halogens is 1. The van der Waals surface area contributed by atoms with E-state index in [-0.39, 0.29) is 18.1 Å². The molecule has 7 heteroatoms. The molecular formula is C23H26FN3O3. The Kier molecular flexibility index (Phi) is 7.19. The maximum atomic E-state index is 13.2. The molecule has 0 aliphatic carbocycles. The molecule has 0 atom stereocenters. The summed E-state index contributed by atoms with van der Waals surface area (Å²) >= 11 is 0. The lowest BCUT2D eigenvalue weighted by Crippen LogP contribution is -2.25. The number of carbonyl (C=O) groups excluding carboxylic acids is 1. The summed E-state index contributed by atoms with van der Waals surface area (Å²) in [6.45, 7) is 5.25. The van der Waals surface area contributed by atoms with Gasteiger partial charge in [0.1, 0.15) is 18.2 Å². The summed E-state index contributed by atoms with van der Waals surface area (Å²) in [5.41, 5.74) is 4.27. The second kappa shape index (κ2) is 10.0. The van der Waals surface area contributed by atoms with Gasteiger partial charge < -0.3 is 14.8 Å². The van der Waals surface area contributed by atoms with Crippen LogP contribution < -0.4 is 10.1 Å². The zero-order valence-electron chi connectivity index (χ0n) is 17.4. The maximum absolute atomic E-state index is 13.2. The summed E-state index contributed by atoms with van der Waals surface area (Å²) < 4.78 is 25.4. The van der Waals surface area contributed by atoms with E-state index in [9.17, 15) is 9.18 Å². The molecule has 3 rings (SSSR count). The van der Waals surface area contributed by atoms with Crippen LogP contribution in [0.2, 0.25) is 0 Å². The van der Waals surface area contributed by atoms with Crippen LogP contribution in [0.3, 0.4) is 0 Å². The Balaban J connectivity index is 1.58. The van der Waals surface area contributed by atoms with Gasteiger partial charge in [0.05, 0.1) is 24.4 Å². The molecule has 0 saturated heterocycles. The lowest BCUT2D eigenvalue weighted by Gasteiger charge is -2.09. The van der Waals surface area contributed by atoms with E-state index in [1.54, 1.807) is 23.9 Å². The number of hydrogen-bond acceptors (Lipinski definition) is 4. The smallest absolute Gasteiger partial charge is 0.224 e. The first-order chi connectivity index (χ1) is 14.5. The van der Waals surface area contributed by atoms with Gasteiger partial charge in [-0.25, -0.2) is 9.07 Å². The lowest BCUT2D eigenvalue weighted by molar-refractivity contribution is -0.120. The third kappa shape index (κ3) is 5.45. The monoisotopic (exact) mass is 411 g/mol. The van der Waals surface area contributed by atoms with Gasteiger partial charge in [0.2, 0.25) is 5.91 Å². The van der Waals surface area contributed by atoms with Crippen LogP contribution in [0.15, 0.2) is 48.5 Å². The molecule has 158 valence electrons. The average Bonchev–Trinajstić information content (AvgIpc) is 3.02. The molecule has 1 heterocycles. The number of ether oxygens (including phenoxy) is 2. The van der Waals surface area contributed by atoms with Crippen LogP contribution in [0.5, 0.6) is 5.75 Å². The van der Waals surface area contributed by atoms with E-state index in [1.165, 1.54) is 12.1 Å². The molecule has 0 bridgehead atoms. The zero-order valence-corrected chi connectivity index (χ0v) is 17.4. The van der Waals surface area contributed by atoms with E-state index in [0.29, 0.717) is 19.8 Å². The fourth-order valence-electron chi connectivity index (χ4n) is 3.13. The van der Waals surface area contributed by atoms with Gasteiger partial charge in [-0.05, 0) is 55.8 Å². The Bertz CT molecular complexity index is 982. The van der Waals surface area contributed by atoms with Gasteiger partial charge in [-0.15, -0.1) is 0 Å². The summed E-state index contributed by atoms with van der Waals surface area (Å²) in [7, 11) is 1.63. The number of carbonyl (C=O) groups is 1. The molecule has 0 aliphatic rings. The van der Waals surface area contributed by atoms with Crippen LogP contribution in [0, 0.1) is 19.7 Å². The Hall–Kier alpha value is -3.19. The molecule has 0 spiro atoms. The average molecular weight is 411 g/mol. The summed E-state index contributed by atoms with van der Waals surface area (Å²) in [5.74, 6) is 0.385. The lowest BCUT2D eigenvalue weighted by atomic mass is 10.1. The van der Waals surface area contributed by atoms with Crippen LogP contribution in [0.25, 0.3) is 5.69 Å². The van der Waals surface area contributed by atoms with Crippen molar-refractivity contribution in [3.8, 4) is 11.4 Å². The van der Waals surface area contributed by atoms with Gasteiger partial charge in [-0.3, -0.25) is 4.79 Å². The number of benzene rings is 2. The second-order valence-electron chi connectivity index (χ2n) is 6.98. The Labute approximate surface area is 175 Å². The van der Waals surface area contributed by atoms with Crippen molar-refractivity contribution < 1.29 is 18.7 Å². The summed E-state index contributed by atoms with van der Waals surface area (Å²) in [6.07, 6.45) is 0.233. The highest BCUT2D eigenvalue weighted by molar-refractivity contribution is 5.79. The molecule has 30 heavy (non-hydrogen) atoms. The third-order valence-corrected chi connectivity index (χ3v) is 4.82. The molecule has 0 saturated carbocycles. The number of aromatic nitrogens is 2. The highest BCUT2D eigenvalue weighted by Gasteiger charge is 2.16. The van der Waals surface area contributed by atoms with Crippen molar-refractivity contribution in [2.24, 2.45) is 0 Å². The predicted octanol–water partition coefficient (Wildman–Crippen LogP) is 3.51. The maximum Gasteiger partial charge on any atom is 0.224 e. The minimum atomic E-state index is -0.297. The number of methoxy groups -OCH3 is 1. The van der Waals surface area contributed by atoms with E-state index >= 15 is 0 Å². The Morgan fingerprint density at radius 2 is 1.77 bits per heavy atom. The van der Waals surface area contributed by atoms with Crippen LogP contribution in [-0.2, 0) is 22.5 Å². The molecule has 2 aromatic carbocycles. The Morgan fingerprint density at radius 3 is 2.43 bits per heavy atom. The molecule has 1 amide bonds. The van der Waals surface area contributed by atoms with Crippen LogP contribution >= 0.6 is 0 Å². The van der Waals surface area contributed by atoms with Gasteiger partial charge in [-0.2, -0.15) is 5.10 Å². The zero-order chi connectivity index (χ0) is 21.5. The van der Waals surface area contributed by atoms with Gasteiger partial charge in [0.15, 0.2) is 0 Å². The Morgan fingerprint density at radius 1 is 1.07 bits per heavy atom. The molecule has 0 radical (unpaired) electrons. The van der Waals surface area contributed by atoms with E-state index in [0.717, 1.165) is 34.0 Å². The number of amides is 1. The van der Waals surface area contributed by atoms with Gasteiger partial charge in [-0.1, -0.05) is 12.1 Å². The second-order valence-corrected chi connectivity index (χ2v) is 6.98. The molecule has 0 aliphatic heterocycles. The van der Waals surface area contributed by atoms with Crippen molar-refractivity contribution in [2.75, 3.05) is 20.3 Å². The van der Waals surface area contributed by atoms with Crippen molar-refractivity contribution >= 4 is 5.91 Å². The standard InChI is InChI=1S/C23H26FN3O3/c1-16-22(17(2)27(26-16)20-8-6-19(24)7-9-20)14-23(28)25-15-18-4-10-21(11-5-18)30-13-12-29-3/h4-11H,12-15H2,1-3H3,(H,25,28). The van der Waals surface area contributed by atoms with Crippen molar-refractivity contribution in [1.29, 1.82) is 0 Å². The highest BCUT2D eigenvalue weighted by atomic mass is 19.1. The van der Waals surface area contributed by atoms with Crippen molar-refractivity contribution in [3.05, 3.63) is 76.9 Å². The minimum absolute atomic E-state index is 0.0831. The molecule has 1 aromatic heterocycles. The highest BCUT2D eigenvalue weighted by Crippen LogP contribution is 2.19. The first kappa shape index (κ1) is 21.5. The van der Waals surface area contributed by atoms with E-state index in [1.807, 2.05) is 38.1 Å². The van der Waals surface area contributed by atoms with Crippen molar-refractivity contribution in [2.45, 2.75) is 26.8 Å². The summed E-state index contributed by atoms with van der Waals surface area (Å²) in [4.78, 5) is 12.5. The van der Waals surface area contributed by atoms with E-state index in [2.05, 4.69) is 10.4 Å². The van der Waals surface area contributed by atoms with Gasteiger partial charge in [0.25, 0.3) is 0 Å². The summed E-state index contributed by atoms with van der Waals surface area (Å²) in [6, 6.07) is 13.7. The fourth-order valence-corrected chi connectivity index (χ4v) is 3.13. The summed E-state index contributed by atoms with van der Waals surface area (Å²) in [5, 5.41) is 7.46. The van der Waals surface area contributed by atoms with E-state index in [4.69, 9.17) is 9.47 Å². The molecular weight excluding hydrogens is 385 g/mol. The molecule has 1 N–H and O–H groups in total. The normalized spacial score (nSPS) is 10.8. The van der Waals surface area contributed by atoms with Crippen molar-refractivity contribution in [1.82, 2.24) is 15.1 Å². The molecule has 3 aromatic rings. The van der Waals surface area contributed by atoms with Gasteiger partial charge in [0, 0.05) is 24.9 Å². The molecule has 0 unspecified atom stereocenters.